The summed E-state index contributed by atoms with van der Waals surface area (Å²) < 4.78 is 23.2. The smallest absolute Gasteiger partial charge is 0.380 e. The summed E-state index contributed by atoms with van der Waals surface area (Å²) in [7, 11) is -3.95. The number of benzene rings is 3. The highest BCUT2D eigenvalue weighted by Gasteiger charge is 2.24. The molecule has 0 heterocycles. The SMILES string of the molecule is CCOC(=O)Cc1c(OP(=O)(O)Cc2ccccc2)ccc2ccccc12. The third-order valence-electron chi connectivity index (χ3n) is 4.09. The first kappa shape index (κ1) is 19.2. The number of hydrogen-bond acceptors (Lipinski definition) is 4. The first-order valence-electron chi connectivity index (χ1n) is 8.70. The standard InChI is InChI=1S/C21H21O5P/c1-2-25-21(22)14-19-18-11-7-6-10-17(18)12-13-20(19)26-27(23,24)15-16-8-4-3-5-9-16/h3-13H,2,14-15H2,1H3,(H,23,24). The molecule has 0 saturated heterocycles. The van der Waals surface area contributed by atoms with E-state index in [0.717, 1.165) is 10.8 Å². The van der Waals surface area contributed by atoms with Crippen LogP contribution in [0.5, 0.6) is 5.75 Å². The molecule has 0 spiro atoms. The molecule has 1 atom stereocenters. The molecule has 0 radical (unpaired) electrons. The number of ether oxygens (including phenoxy) is 1. The molecule has 0 bridgehead atoms. The fraction of sp³-hybridized carbons (Fsp3) is 0.190. The van der Waals surface area contributed by atoms with Gasteiger partial charge >= 0.3 is 13.6 Å². The lowest BCUT2D eigenvalue weighted by atomic mass is 10.0. The molecule has 0 fully saturated rings. The summed E-state index contributed by atoms with van der Waals surface area (Å²) in [4.78, 5) is 22.4. The molecule has 3 rings (SSSR count). The van der Waals surface area contributed by atoms with E-state index in [4.69, 9.17) is 9.26 Å². The van der Waals surface area contributed by atoms with Gasteiger partial charge in [-0.25, -0.2) is 4.57 Å². The van der Waals surface area contributed by atoms with Crippen molar-refractivity contribution < 1.29 is 23.5 Å². The van der Waals surface area contributed by atoms with Gasteiger partial charge in [0, 0.05) is 5.56 Å². The summed E-state index contributed by atoms with van der Waals surface area (Å²) in [6, 6.07) is 19.9. The molecular formula is C21H21O5P. The molecule has 0 aliphatic carbocycles. The molecule has 3 aromatic rings. The summed E-state index contributed by atoms with van der Waals surface area (Å²) >= 11 is 0. The Balaban J connectivity index is 1.95. The van der Waals surface area contributed by atoms with Crippen LogP contribution < -0.4 is 4.52 Å². The highest BCUT2D eigenvalue weighted by atomic mass is 31.2. The van der Waals surface area contributed by atoms with E-state index >= 15 is 0 Å². The molecule has 3 aromatic carbocycles. The third kappa shape index (κ3) is 4.97. The predicted octanol–water partition coefficient (Wildman–Crippen LogP) is 4.71. The van der Waals surface area contributed by atoms with Crippen LogP contribution in [0.25, 0.3) is 10.8 Å². The monoisotopic (exact) mass is 384 g/mol. The first-order valence-corrected chi connectivity index (χ1v) is 10.5. The molecule has 1 unspecified atom stereocenters. The van der Waals surface area contributed by atoms with E-state index < -0.39 is 13.6 Å². The minimum Gasteiger partial charge on any atom is -0.466 e. The lowest BCUT2D eigenvalue weighted by Gasteiger charge is -2.18. The van der Waals surface area contributed by atoms with Gasteiger partial charge in [-0.15, -0.1) is 0 Å². The topological polar surface area (TPSA) is 72.8 Å². The van der Waals surface area contributed by atoms with Crippen molar-refractivity contribution in [2.24, 2.45) is 0 Å². The Hall–Kier alpha value is -2.62. The summed E-state index contributed by atoms with van der Waals surface area (Å²) in [5, 5.41) is 1.71. The molecular weight excluding hydrogens is 363 g/mol. The van der Waals surface area contributed by atoms with Gasteiger partial charge in [0.15, 0.2) is 0 Å². The van der Waals surface area contributed by atoms with Crippen LogP contribution in [-0.4, -0.2) is 17.5 Å². The van der Waals surface area contributed by atoms with Crippen LogP contribution in [0.15, 0.2) is 66.7 Å². The van der Waals surface area contributed by atoms with Gasteiger partial charge in [-0.1, -0.05) is 60.7 Å². The van der Waals surface area contributed by atoms with E-state index in [1.54, 1.807) is 37.3 Å². The van der Waals surface area contributed by atoms with Crippen molar-refractivity contribution in [3.63, 3.8) is 0 Å². The highest BCUT2D eigenvalue weighted by Crippen LogP contribution is 2.47. The van der Waals surface area contributed by atoms with Crippen LogP contribution in [0.4, 0.5) is 0 Å². The average molecular weight is 384 g/mol. The fourth-order valence-electron chi connectivity index (χ4n) is 2.94. The van der Waals surface area contributed by atoms with Gasteiger partial charge in [0.1, 0.15) is 5.75 Å². The van der Waals surface area contributed by atoms with E-state index in [1.807, 2.05) is 36.4 Å². The number of carbonyl (C=O) groups excluding carboxylic acids is 1. The Bertz CT molecular complexity index is 984. The summed E-state index contributed by atoms with van der Waals surface area (Å²) in [5.41, 5.74) is 1.25. The van der Waals surface area contributed by atoms with E-state index in [1.165, 1.54) is 0 Å². The van der Waals surface area contributed by atoms with Crippen LogP contribution in [-0.2, 0) is 26.7 Å². The van der Waals surface area contributed by atoms with Gasteiger partial charge in [-0.05, 0) is 29.3 Å². The van der Waals surface area contributed by atoms with Crippen LogP contribution >= 0.6 is 7.60 Å². The molecule has 140 valence electrons. The molecule has 6 heteroatoms. The zero-order valence-corrected chi connectivity index (χ0v) is 15.9. The average Bonchev–Trinajstić information content (AvgIpc) is 2.64. The van der Waals surface area contributed by atoms with Crippen LogP contribution in [0.1, 0.15) is 18.1 Å². The fourth-order valence-corrected chi connectivity index (χ4v) is 4.16. The number of hydrogen-bond donors (Lipinski definition) is 1. The predicted molar refractivity (Wildman–Crippen MR) is 105 cm³/mol. The van der Waals surface area contributed by atoms with Crippen molar-refractivity contribution in [3.8, 4) is 5.75 Å². The molecule has 27 heavy (non-hydrogen) atoms. The minimum absolute atomic E-state index is 0.0319. The number of rotatable bonds is 7. The molecule has 5 nitrogen and oxygen atoms in total. The molecule has 0 amide bonds. The molecule has 0 aliphatic rings. The zero-order valence-electron chi connectivity index (χ0n) is 15.0. The van der Waals surface area contributed by atoms with Gasteiger partial charge in [0.2, 0.25) is 0 Å². The molecule has 0 aliphatic heterocycles. The van der Waals surface area contributed by atoms with Gasteiger partial charge in [-0.2, -0.15) is 0 Å². The lowest BCUT2D eigenvalue weighted by Crippen LogP contribution is -2.09. The van der Waals surface area contributed by atoms with Crippen molar-refractivity contribution in [1.82, 2.24) is 0 Å². The summed E-state index contributed by atoms with van der Waals surface area (Å²) in [6.45, 7) is 2.01. The maximum Gasteiger partial charge on any atom is 0.380 e. The Morgan fingerprint density at radius 3 is 2.44 bits per heavy atom. The lowest BCUT2D eigenvalue weighted by molar-refractivity contribution is -0.142. The quantitative estimate of drug-likeness (QED) is 0.472. The zero-order chi connectivity index (χ0) is 19.3. The van der Waals surface area contributed by atoms with Gasteiger partial charge in [0.25, 0.3) is 0 Å². The van der Waals surface area contributed by atoms with Gasteiger partial charge < -0.3 is 14.2 Å². The molecule has 0 aromatic heterocycles. The van der Waals surface area contributed by atoms with Crippen molar-refractivity contribution in [1.29, 1.82) is 0 Å². The summed E-state index contributed by atoms with van der Waals surface area (Å²) in [6.07, 6.45) is -0.143. The summed E-state index contributed by atoms with van der Waals surface area (Å²) in [5.74, 6) is -0.182. The van der Waals surface area contributed by atoms with Crippen LogP contribution in [0, 0.1) is 0 Å². The normalized spacial score (nSPS) is 13.1. The van der Waals surface area contributed by atoms with Crippen molar-refractivity contribution in [3.05, 3.63) is 77.9 Å². The van der Waals surface area contributed by atoms with E-state index in [-0.39, 0.29) is 24.9 Å². The van der Waals surface area contributed by atoms with E-state index in [9.17, 15) is 14.3 Å². The van der Waals surface area contributed by atoms with Gasteiger partial charge in [-0.3, -0.25) is 4.79 Å². The Kier molecular flexibility index (Phi) is 5.94. The second kappa shape index (κ2) is 8.38. The van der Waals surface area contributed by atoms with E-state index in [0.29, 0.717) is 11.1 Å². The van der Waals surface area contributed by atoms with Crippen molar-refractivity contribution in [2.75, 3.05) is 6.61 Å². The van der Waals surface area contributed by atoms with Crippen molar-refractivity contribution >= 4 is 24.3 Å². The Labute approximate surface area is 158 Å². The number of fused-ring (bicyclic) bond motifs is 1. The number of esters is 1. The second-order valence-electron chi connectivity index (χ2n) is 6.12. The Morgan fingerprint density at radius 1 is 1.00 bits per heavy atom. The van der Waals surface area contributed by atoms with Crippen LogP contribution in [0.2, 0.25) is 0 Å². The third-order valence-corrected chi connectivity index (χ3v) is 5.34. The van der Waals surface area contributed by atoms with E-state index in [2.05, 4.69) is 0 Å². The maximum absolute atomic E-state index is 12.7. The molecule has 0 saturated carbocycles. The second-order valence-corrected chi connectivity index (χ2v) is 7.89. The largest absolute Gasteiger partial charge is 0.466 e. The highest BCUT2D eigenvalue weighted by molar-refractivity contribution is 7.52. The van der Waals surface area contributed by atoms with Crippen LogP contribution in [0.3, 0.4) is 0 Å². The minimum atomic E-state index is -3.95. The first-order chi connectivity index (χ1) is 13.0. The van der Waals surface area contributed by atoms with Gasteiger partial charge in [0.05, 0.1) is 19.2 Å². The number of carbonyl (C=O) groups is 1. The Morgan fingerprint density at radius 2 is 1.70 bits per heavy atom. The molecule has 1 N–H and O–H groups in total. The van der Waals surface area contributed by atoms with Crippen molar-refractivity contribution in [2.45, 2.75) is 19.5 Å². The maximum atomic E-state index is 12.7.